The molecule has 1 rings (SSSR count). The summed E-state index contributed by atoms with van der Waals surface area (Å²) in [5, 5.41) is 9.22. The zero-order valence-corrected chi connectivity index (χ0v) is 10.5. The molecule has 3 nitrogen and oxygen atoms in total. The van der Waals surface area contributed by atoms with E-state index in [2.05, 4.69) is 6.92 Å². The van der Waals surface area contributed by atoms with E-state index < -0.39 is 11.9 Å². The van der Waals surface area contributed by atoms with Gasteiger partial charge in [0.1, 0.15) is 5.75 Å². The average molecular weight is 236 g/mol. The second-order valence-corrected chi connectivity index (χ2v) is 4.16. The van der Waals surface area contributed by atoms with E-state index in [4.69, 9.17) is 4.74 Å². The van der Waals surface area contributed by atoms with Crippen LogP contribution < -0.4 is 4.74 Å². The molecule has 0 radical (unpaired) electrons. The molecular weight excluding hydrogens is 216 g/mol. The van der Waals surface area contributed by atoms with Crippen molar-refractivity contribution in [2.24, 2.45) is 0 Å². The molecular formula is C14H20O3. The highest BCUT2D eigenvalue weighted by Crippen LogP contribution is 2.24. The number of hydrogen-bond acceptors (Lipinski definition) is 2. The van der Waals surface area contributed by atoms with Gasteiger partial charge >= 0.3 is 5.97 Å². The quantitative estimate of drug-likeness (QED) is 0.738. The van der Waals surface area contributed by atoms with E-state index in [1.165, 1.54) is 0 Å². The van der Waals surface area contributed by atoms with E-state index in [1.54, 1.807) is 7.11 Å². The second kappa shape index (κ2) is 6.94. The maximum absolute atomic E-state index is 11.2. The molecule has 0 bridgehead atoms. The molecule has 1 aromatic carbocycles. The number of carboxylic acid groups (broad SMARTS) is 1. The van der Waals surface area contributed by atoms with Gasteiger partial charge in [0.2, 0.25) is 0 Å². The summed E-state index contributed by atoms with van der Waals surface area (Å²) in [4.78, 5) is 11.2. The van der Waals surface area contributed by atoms with Crippen LogP contribution in [0.25, 0.3) is 0 Å². The molecule has 94 valence electrons. The normalized spacial score (nSPS) is 12.1. The van der Waals surface area contributed by atoms with Gasteiger partial charge in [-0.2, -0.15) is 0 Å². The molecule has 17 heavy (non-hydrogen) atoms. The molecule has 1 atom stereocenters. The van der Waals surface area contributed by atoms with Crippen LogP contribution in [0.5, 0.6) is 5.75 Å². The fourth-order valence-electron chi connectivity index (χ4n) is 1.87. The molecule has 0 aliphatic heterocycles. The minimum atomic E-state index is -0.744. The van der Waals surface area contributed by atoms with E-state index in [0.29, 0.717) is 6.42 Å². The summed E-state index contributed by atoms with van der Waals surface area (Å²) < 4.78 is 5.06. The minimum Gasteiger partial charge on any atom is -0.497 e. The standard InChI is InChI=1S/C14H20O3/c1-3-4-5-6-13(14(15)16)11-7-9-12(17-2)10-8-11/h7-10,13H,3-6H2,1-2H3,(H,15,16). The number of hydrogen-bond donors (Lipinski definition) is 1. The number of carboxylic acids is 1. The molecule has 0 heterocycles. The van der Waals surface area contributed by atoms with Gasteiger partial charge in [0.05, 0.1) is 13.0 Å². The lowest BCUT2D eigenvalue weighted by molar-refractivity contribution is -0.139. The van der Waals surface area contributed by atoms with Gasteiger partial charge in [0, 0.05) is 0 Å². The molecule has 0 saturated heterocycles. The van der Waals surface area contributed by atoms with Gasteiger partial charge in [0.15, 0.2) is 0 Å². The summed E-state index contributed by atoms with van der Waals surface area (Å²) in [7, 11) is 1.60. The van der Waals surface area contributed by atoms with Crippen molar-refractivity contribution in [3.05, 3.63) is 29.8 Å². The van der Waals surface area contributed by atoms with Crippen LogP contribution in [0.1, 0.15) is 44.1 Å². The molecule has 0 aliphatic rings. The van der Waals surface area contributed by atoms with E-state index >= 15 is 0 Å². The third kappa shape index (κ3) is 4.10. The first-order chi connectivity index (χ1) is 8.19. The Morgan fingerprint density at radius 3 is 2.41 bits per heavy atom. The average Bonchev–Trinajstić information content (AvgIpc) is 2.34. The zero-order valence-electron chi connectivity index (χ0n) is 10.5. The van der Waals surface area contributed by atoms with Crippen molar-refractivity contribution < 1.29 is 14.6 Å². The second-order valence-electron chi connectivity index (χ2n) is 4.16. The van der Waals surface area contributed by atoms with Crippen LogP contribution in [-0.2, 0) is 4.79 Å². The number of methoxy groups -OCH3 is 1. The van der Waals surface area contributed by atoms with Crippen LogP contribution in [0.2, 0.25) is 0 Å². The van der Waals surface area contributed by atoms with Crippen molar-refractivity contribution >= 4 is 5.97 Å². The smallest absolute Gasteiger partial charge is 0.310 e. The predicted octanol–water partition coefficient (Wildman–Crippen LogP) is 3.44. The minimum absolute atomic E-state index is 0.396. The molecule has 3 heteroatoms. The highest BCUT2D eigenvalue weighted by Gasteiger charge is 2.18. The number of aliphatic carboxylic acids is 1. The summed E-state index contributed by atoms with van der Waals surface area (Å²) in [6.07, 6.45) is 3.85. The molecule has 0 aromatic heterocycles. The lowest BCUT2D eigenvalue weighted by Crippen LogP contribution is -2.11. The van der Waals surface area contributed by atoms with Gasteiger partial charge in [0.25, 0.3) is 0 Å². The highest BCUT2D eigenvalue weighted by molar-refractivity contribution is 5.76. The zero-order chi connectivity index (χ0) is 12.7. The predicted molar refractivity (Wildman–Crippen MR) is 67.5 cm³/mol. The first-order valence-corrected chi connectivity index (χ1v) is 6.05. The first kappa shape index (κ1) is 13.6. The van der Waals surface area contributed by atoms with Crippen molar-refractivity contribution in [1.82, 2.24) is 0 Å². The summed E-state index contributed by atoms with van der Waals surface area (Å²) in [5.74, 6) is -0.384. The van der Waals surface area contributed by atoms with Crippen LogP contribution >= 0.6 is 0 Å². The van der Waals surface area contributed by atoms with Gasteiger partial charge < -0.3 is 9.84 Å². The SMILES string of the molecule is CCCCCC(C(=O)O)c1ccc(OC)cc1. The number of rotatable bonds is 7. The fourth-order valence-corrected chi connectivity index (χ4v) is 1.87. The Kier molecular flexibility index (Phi) is 5.53. The van der Waals surface area contributed by atoms with Crippen molar-refractivity contribution in [3.63, 3.8) is 0 Å². The largest absolute Gasteiger partial charge is 0.497 e. The maximum Gasteiger partial charge on any atom is 0.310 e. The molecule has 0 amide bonds. The van der Waals surface area contributed by atoms with Crippen molar-refractivity contribution in [2.45, 2.75) is 38.5 Å². The number of benzene rings is 1. The van der Waals surface area contributed by atoms with E-state index in [-0.39, 0.29) is 0 Å². The van der Waals surface area contributed by atoms with Crippen molar-refractivity contribution in [2.75, 3.05) is 7.11 Å². The Balaban J connectivity index is 2.71. The first-order valence-electron chi connectivity index (χ1n) is 6.05. The Bertz CT molecular complexity index is 343. The summed E-state index contributed by atoms with van der Waals surface area (Å²) in [5.41, 5.74) is 0.856. The van der Waals surface area contributed by atoms with Crippen LogP contribution in [-0.4, -0.2) is 18.2 Å². The number of unbranched alkanes of at least 4 members (excludes halogenated alkanes) is 2. The van der Waals surface area contributed by atoms with E-state index in [9.17, 15) is 9.90 Å². The summed E-state index contributed by atoms with van der Waals surface area (Å²) in [6.45, 7) is 2.11. The van der Waals surface area contributed by atoms with Gasteiger partial charge in [-0.05, 0) is 24.1 Å². The molecule has 0 fully saturated rings. The number of carbonyl (C=O) groups is 1. The van der Waals surface area contributed by atoms with Gasteiger partial charge in [-0.25, -0.2) is 0 Å². The van der Waals surface area contributed by atoms with Crippen molar-refractivity contribution in [3.8, 4) is 5.75 Å². The molecule has 0 spiro atoms. The molecule has 0 saturated carbocycles. The fraction of sp³-hybridized carbons (Fsp3) is 0.500. The van der Waals surface area contributed by atoms with Crippen LogP contribution in [0.3, 0.4) is 0 Å². The van der Waals surface area contributed by atoms with Crippen LogP contribution in [0.4, 0.5) is 0 Å². The lowest BCUT2D eigenvalue weighted by atomic mass is 9.93. The molecule has 1 aromatic rings. The Morgan fingerprint density at radius 2 is 1.94 bits per heavy atom. The monoisotopic (exact) mass is 236 g/mol. The number of ether oxygens (including phenoxy) is 1. The molecule has 1 unspecified atom stereocenters. The Labute approximate surface area is 102 Å². The van der Waals surface area contributed by atoms with Gasteiger partial charge in [-0.1, -0.05) is 38.3 Å². The molecule has 0 aliphatic carbocycles. The summed E-state index contributed by atoms with van der Waals surface area (Å²) >= 11 is 0. The van der Waals surface area contributed by atoms with Gasteiger partial charge in [-0.3, -0.25) is 4.79 Å². The topological polar surface area (TPSA) is 46.5 Å². The van der Waals surface area contributed by atoms with Crippen LogP contribution in [0, 0.1) is 0 Å². The molecule has 1 N–H and O–H groups in total. The van der Waals surface area contributed by atoms with Gasteiger partial charge in [-0.15, -0.1) is 0 Å². The van der Waals surface area contributed by atoms with E-state index in [1.807, 2.05) is 24.3 Å². The highest BCUT2D eigenvalue weighted by atomic mass is 16.5. The van der Waals surface area contributed by atoms with Crippen LogP contribution in [0.15, 0.2) is 24.3 Å². The summed E-state index contributed by atoms with van der Waals surface area (Å²) in [6, 6.07) is 7.29. The third-order valence-electron chi connectivity index (χ3n) is 2.91. The Hall–Kier alpha value is -1.51. The van der Waals surface area contributed by atoms with E-state index in [0.717, 1.165) is 30.6 Å². The lowest BCUT2D eigenvalue weighted by Gasteiger charge is -2.12. The third-order valence-corrected chi connectivity index (χ3v) is 2.91. The Morgan fingerprint density at radius 1 is 1.29 bits per heavy atom. The maximum atomic E-state index is 11.2. The van der Waals surface area contributed by atoms with Crippen molar-refractivity contribution in [1.29, 1.82) is 0 Å².